The first-order valence-electron chi connectivity index (χ1n) is 7.08. The van der Waals surface area contributed by atoms with Gasteiger partial charge in [-0.05, 0) is 24.1 Å². The first-order chi connectivity index (χ1) is 11.2. The van der Waals surface area contributed by atoms with Crippen molar-refractivity contribution < 1.29 is 9.53 Å². The summed E-state index contributed by atoms with van der Waals surface area (Å²) in [6.07, 6.45) is 0. The maximum absolute atomic E-state index is 12.1. The monoisotopic (exact) mass is 347 g/mol. The molecule has 0 saturated carbocycles. The SMILES string of the molecule is CCOC(=O)c1csc2nc(Cl)nc(NCc3ccccc3)c12. The Kier molecular flexibility index (Phi) is 4.73. The van der Waals surface area contributed by atoms with Crippen molar-refractivity contribution in [2.24, 2.45) is 0 Å². The van der Waals surface area contributed by atoms with Gasteiger partial charge >= 0.3 is 5.97 Å². The van der Waals surface area contributed by atoms with E-state index in [1.807, 2.05) is 30.3 Å². The summed E-state index contributed by atoms with van der Waals surface area (Å²) >= 11 is 7.33. The first-order valence-corrected chi connectivity index (χ1v) is 8.34. The topological polar surface area (TPSA) is 64.1 Å². The molecule has 0 amide bonds. The van der Waals surface area contributed by atoms with Crippen LogP contribution in [-0.2, 0) is 11.3 Å². The summed E-state index contributed by atoms with van der Waals surface area (Å²) in [5.41, 5.74) is 1.56. The van der Waals surface area contributed by atoms with Crippen molar-refractivity contribution in [2.45, 2.75) is 13.5 Å². The molecular weight excluding hydrogens is 334 g/mol. The largest absolute Gasteiger partial charge is 0.462 e. The summed E-state index contributed by atoms with van der Waals surface area (Å²) in [6, 6.07) is 9.91. The number of carbonyl (C=O) groups excluding carboxylic acids is 1. The van der Waals surface area contributed by atoms with Crippen molar-refractivity contribution in [2.75, 3.05) is 11.9 Å². The lowest BCUT2D eigenvalue weighted by atomic mass is 10.2. The number of hydrogen-bond acceptors (Lipinski definition) is 6. The first kappa shape index (κ1) is 15.7. The van der Waals surface area contributed by atoms with Gasteiger partial charge in [0.25, 0.3) is 0 Å². The van der Waals surface area contributed by atoms with Crippen LogP contribution in [0.4, 0.5) is 5.82 Å². The number of esters is 1. The summed E-state index contributed by atoms with van der Waals surface area (Å²) in [5, 5.41) is 5.75. The molecule has 3 rings (SSSR count). The fourth-order valence-electron chi connectivity index (χ4n) is 2.18. The maximum Gasteiger partial charge on any atom is 0.339 e. The van der Waals surface area contributed by atoms with Gasteiger partial charge in [-0.1, -0.05) is 30.3 Å². The Bertz CT molecular complexity index is 836. The Labute approximate surface area is 142 Å². The minimum atomic E-state index is -0.382. The van der Waals surface area contributed by atoms with E-state index >= 15 is 0 Å². The molecule has 118 valence electrons. The summed E-state index contributed by atoms with van der Waals surface area (Å²) in [5.74, 6) is 0.153. The van der Waals surface area contributed by atoms with Gasteiger partial charge in [-0.3, -0.25) is 0 Å². The standard InChI is InChI=1S/C16H14ClN3O2S/c1-2-22-15(21)11-9-23-14-12(11)13(19-16(17)20-14)18-8-10-6-4-3-5-7-10/h3-7,9H,2,8H2,1H3,(H,18,19,20). The van der Waals surface area contributed by atoms with Crippen molar-refractivity contribution in [3.63, 3.8) is 0 Å². The zero-order chi connectivity index (χ0) is 16.2. The Hall–Kier alpha value is -2.18. The molecule has 0 bridgehead atoms. The quantitative estimate of drug-likeness (QED) is 0.555. The van der Waals surface area contributed by atoms with Gasteiger partial charge in [0.05, 0.1) is 17.6 Å². The number of rotatable bonds is 5. The average Bonchev–Trinajstić information content (AvgIpc) is 2.97. The van der Waals surface area contributed by atoms with E-state index in [0.29, 0.717) is 34.7 Å². The molecular formula is C16H14ClN3O2S. The summed E-state index contributed by atoms with van der Waals surface area (Å²) in [7, 11) is 0. The van der Waals surface area contributed by atoms with E-state index < -0.39 is 0 Å². The number of nitrogens with zero attached hydrogens (tertiary/aromatic N) is 2. The van der Waals surface area contributed by atoms with E-state index in [1.54, 1.807) is 12.3 Å². The van der Waals surface area contributed by atoms with Crippen LogP contribution in [-0.4, -0.2) is 22.5 Å². The number of aromatic nitrogens is 2. The highest BCUT2D eigenvalue weighted by Gasteiger charge is 2.19. The van der Waals surface area contributed by atoms with Crippen molar-refractivity contribution in [1.82, 2.24) is 9.97 Å². The zero-order valence-electron chi connectivity index (χ0n) is 12.4. The fourth-order valence-corrected chi connectivity index (χ4v) is 3.31. The highest BCUT2D eigenvalue weighted by molar-refractivity contribution is 7.17. The Balaban J connectivity index is 1.97. The molecule has 7 heteroatoms. The van der Waals surface area contributed by atoms with Crippen LogP contribution in [0.2, 0.25) is 5.28 Å². The molecule has 0 saturated heterocycles. The van der Waals surface area contributed by atoms with Gasteiger partial charge < -0.3 is 10.1 Å². The average molecular weight is 348 g/mol. The molecule has 0 radical (unpaired) electrons. The maximum atomic E-state index is 12.1. The number of fused-ring (bicyclic) bond motifs is 1. The number of ether oxygens (including phenoxy) is 1. The second kappa shape index (κ2) is 6.93. The predicted octanol–water partition coefficient (Wildman–Crippen LogP) is 4.13. The molecule has 0 aliphatic rings. The number of nitrogens with one attached hydrogen (secondary N) is 1. The van der Waals surface area contributed by atoms with Gasteiger partial charge in [-0.25, -0.2) is 14.8 Å². The fraction of sp³-hybridized carbons (Fsp3) is 0.188. The van der Waals surface area contributed by atoms with E-state index in [0.717, 1.165) is 5.56 Å². The molecule has 2 heterocycles. The number of thiophene rings is 1. The van der Waals surface area contributed by atoms with Crippen molar-refractivity contribution in [1.29, 1.82) is 0 Å². The third kappa shape index (κ3) is 3.43. The molecule has 1 N–H and O–H groups in total. The van der Waals surface area contributed by atoms with E-state index in [4.69, 9.17) is 16.3 Å². The molecule has 2 aromatic heterocycles. The van der Waals surface area contributed by atoms with Crippen LogP contribution in [0.25, 0.3) is 10.2 Å². The summed E-state index contributed by atoms with van der Waals surface area (Å²) in [4.78, 5) is 21.2. The van der Waals surface area contributed by atoms with Gasteiger partial charge in [0.1, 0.15) is 10.6 Å². The van der Waals surface area contributed by atoms with E-state index in [-0.39, 0.29) is 11.3 Å². The van der Waals surface area contributed by atoms with Crippen molar-refractivity contribution >= 4 is 44.9 Å². The van der Waals surface area contributed by atoms with E-state index in [9.17, 15) is 4.79 Å². The lowest BCUT2D eigenvalue weighted by Crippen LogP contribution is -2.07. The van der Waals surface area contributed by atoms with Crippen LogP contribution in [0, 0.1) is 0 Å². The second-order valence-corrected chi connectivity index (χ2v) is 5.93. The predicted molar refractivity (Wildman–Crippen MR) is 92.2 cm³/mol. The van der Waals surface area contributed by atoms with Crippen LogP contribution in [0.1, 0.15) is 22.8 Å². The van der Waals surface area contributed by atoms with Crippen LogP contribution in [0.3, 0.4) is 0 Å². The molecule has 0 spiro atoms. The van der Waals surface area contributed by atoms with Gasteiger partial charge in [0, 0.05) is 11.9 Å². The molecule has 0 aliphatic heterocycles. The molecule has 1 aromatic carbocycles. The smallest absolute Gasteiger partial charge is 0.339 e. The van der Waals surface area contributed by atoms with Gasteiger partial charge in [0.15, 0.2) is 0 Å². The molecule has 0 aliphatic carbocycles. The van der Waals surface area contributed by atoms with Gasteiger partial charge in [0.2, 0.25) is 5.28 Å². The number of hydrogen-bond donors (Lipinski definition) is 1. The molecule has 0 atom stereocenters. The normalized spacial score (nSPS) is 10.7. The van der Waals surface area contributed by atoms with Crippen LogP contribution >= 0.6 is 22.9 Å². The van der Waals surface area contributed by atoms with E-state index in [1.165, 1.54) is 11.3 Å². The Morgan fingerprint density at radius 2 is 2.09 bits per heavy atom. The van der Waals surface area contributed by atoms with Crippen LogP contribution in [0.5, 0.6) is 0 Å². The minimum absolute atomic E-state index is 0.144. The molecule has 0 unspecified atom stereocenters. The van der Waals surface area contributed by atoms with Crippen molar-refractivity contribution in [3.05, 3.63) is 52.1 Å². The Morgan fingerprint density at radius 3 is 2.83 bits per heavy atom. The van der Waals surface area contributed by atoms with Gasteiger partial charge in [-0.2, -0.15) is 0 Å². The summed E-state index contributed by atoms with van der Waals surface area (Å²) in [6.45, 7) is 2.66. The number of benzene rings is 1. The second-order valence-electron chi connectivity index (χ2n) is 4.73. The van der Waals surface area contributed by atoms with Crippen LogP contribution in [0.15, 0.2) is 35.7 Å². The molecule has 3 aromatic rings. The Morgan fingerprint density at radius 1 is 1.30 bits per heavy atom. The number of anilines is 1. The lowest BCUT2D eigenvalue weighted by molar-refractivity contribution is 0.0529. The molecule has 0 fully saturated rings. The molecule has 23 heavy (non-hydrogen) atoms. The van der Waals surface area contributed by atoms with Crippen LogP contribution < -0.4 is 5.32 Å². The summed E-state index contributed by atoms with van der Waals surface area (Å²) < 4.78 is 5.09. The minimum Gasteiger partial charge on any atom is -0.462 e. The highest BCUT2D eigenvalue weighted by Crippen LogP contribution is 2.31. The molecule has 5 nitrogen and oxygen atoms in total. The van der Waals surface area contributed by atoms with Gasteiger partial charge in [-0.15, -0.1) is 11.3 Å². The third-order valence-corrected chi connectivity index (χ3v) is 4.25. The zero-order valence-corrected chi connectivity index (χ0v) is 13.9. The van der Waals surface area contributed by atoms with Crippen molar-refractivity contribution in [3.8, 4) is 0 Å². The lowest BCUT2D eigenvalue weighted by Gasteiger charge is -2.09. The number of halogens is 1. The third-order valence-electron chi connectivity index (χ3n) is 3.20. The van der Waals surface area contributed by atoms with E-state index in [2.05, 4.69) is 15.3 Å². The highest BCUT2D eigenvalue weighted by atomic mass is 35.5. The number of carbonyl (C=O) groups is 1.